The van der Waals surface area contributed by atoms with Crippen LogP contribution in [0.1, 0.15) is 24.2 Å². The molecule has 1 aromatic heterocycles. The van der Waals surface area contributed by atoms with Crippen LogP contribution in [0, 0.1) is 0 Å². The topological polar surface area (TPSA) is 45.5 Å². The molecule has 0 atom stereocenters. The lowest BCUT2D eigenvalue weighted by atomic mass is 10.2. The van der Waals surface area contributed by atoms with Crippen LogP contribution in [-0.4, -0.2) is 23.4 Å². The third-order valence-electron chi connectivity index (χ3n) is 3.82. The van der Waals surface area contributed by atoms with E-state index in [2.05, 4.69) is 5.32 Å². The van der Waals surface area contributed by atoms with Crippen LogP contribution in [-0.2, 0) is 17.5 Å². The lowest BCUT2D eigenvalue weighted by Gasteiger charge is -2.20. The first-order valence-electron chi connectivity index (χ1n) is 7.65. The molecule has 4 nitrogen and oxygen atoms in total. The van der Waals surface area contributed by atoms with Crippen molar-refractivity contribution in [2.45, 2.75) is 31.6 Å². The smallest absolute Gasteiger partial charge is 0.416 e. The van der Waals surface area contributed by atoms with Crippen molar-refractivity contribution in [1.82, 2.24) is 4.90 Å². The van der Waals surface area contributed by atoms with E-state index in [1.807, 2.05) is 11.0 Å². The summed E-state index contributed by atoms with van der Waals surface area (Å²) in [7, 11) is 0. The van der Waals surface area contributed by atoms with Crippen molar-refractivity contribution >= 4 is 11.6 Å². The van der Waals surface area contributed by atoms with Gasteiger partial charge in [0.1, 0.15) is 5.76 Å². The van der Waals surface area contributed by atoms with Crippen LogP contribution in [0.3, 0.4) is 0 Å². The van der Waals surface area contributed by atoms with Gasteiger partial charge in [0.25, 0.3) is 0 Å². The number of carbonyl (C=O) groups excluding carboxylic acids is 1. The molecule has 1 saturated carbocycles. The summed E-state index contributed by atoms with van der Waals surface area (Å²) in [6.45, 7) is 0.620. The first-order valence-corrected chi connectivity index (χ1v) is 7.65. The summed E-state index contributed by atoms with van der Waals surface area (Å²) in [6, 6.07) is 8.57. The van der Waals surface area contributed by atoms with E-state index in [1.165, 1.54) is 12.1 Å². The maximum absolute atomic E-state index is 12.7. The van der Waals surface area contributed by atoms with Crippen LogP contribution >= 0.6 is 0 Å². The summed E-state index contributed by atoms with van der Waals surface area (Å²) in [4.78, 5) is 14.2. The monoisotopic (exact) mass is 338 g/mol. The highest BCUT2D eigenvalue weighted by Crippen LogP contribution is 2.31. The highest BCUT2D eigenvalue weighted by atomic mass is 19.4. The molecule has 0 spiro atoms. The van der Waals surface area contributed by atoms with E-state index in [1.54, 1.807) is 12.3 Å². The molecule has 1 aliphatic rings. The standard InChI is InChI=1S/C17H17F3N2O2/c18-17(19,20)12-3-1-4-13(9-12)21-16(23)11-22(14-6-7-14)10-15-5-2-8-24-15/h1-5,8-9,14H,6-7,10-11H2,(H,21,23). The molecule has 0 unspecified atom stereocenters. The number of nitrogens with one attached hydrogen (secondary N) is 1. The van der Waals surface area contributed by atoms with Crippen LogP contribution < -0.4 is 5.32 Å². The van der Waals surface area contributed by atoms with Crippen molar-refractivity contribution < 1.29 is 22.4 Å². The van der Waals surface area contributed by atoms with E-state index in [0.717, 1.165) is 30.7 Å². The Balaban J connectivity index is 1.62. The fourth-order valence-corrected chi connectivity index (χ4v) is 2.51. The van der Waals surface area contributed by atoms with E-state index in [9.17, 15) is 18.0 Å². The number of halogens is 3. The second-order valence-electron chi connectivity index (χ2n) is 5.84. The normalized spacial score (nSPS) is 14.8. The molecule has 128 valence electrons. The summed E-state index contributed by atoms with van der Waals surface area (Å²) in [6.07, 6.45) is -0.835. The summed E-state index contributed by atoms with van der Waals surface area (Å²) in [5.41, 5.74) is -0.640. The Morgan fingerprint density at radius 1 is 1.25 bits per heavy atom. The number of hydrogen-bond acceptors (Lipinski definition) is 3. The maximum atomic E-state index is 12.7. The van der Waals surface area contributed by atoms with Gasteiger partial charge in [-0.2, -0.15) is 13.2 Å². The van der Waals surface area contributed by atoms with Crippen LogP contribution in [0.15, 0.2) is 47.1 Å². The van der Waals surface area contributed by atoms with Gasteiger partial charge in [-0.25, -0.2) is 0 Å². The van der Waals surface area contributed by atoms with Crippen LogP contribution in [0.2, 0.25) is 0 Å². The molecule has 1 aromatic carbocycles. The average molecular weight is 338 g/mol. The molecule has 0 bridgehead atoms. The first-order chi connectivity index (χ1) is 11.4. The van der Waals surface area contributed by atoms with Gasteiger partial charge in [-0.15, -0.1) is 0 Å². The molecular weight excluding hydrogens is 321 g/mol. The van der Waals surface area contributed by atoms with Gasteiger partial charge in [-0.3, -0.25) is 9.69 Å². The molecule has 1 aliphatic carbocycles. The zero-order valence-electron chi connectivity index (χ0n) is 12.8. The third kappa shape index (κ3) is 4.38. The molecule has 24 heavy (non-hydrogen) atoms. The van der Waals surface area contributed by atoms with Gasteiger partial charge in [0.15, 0.2) is 0 Å². The quantitative estimate of drug-likeness (QED) is 0.869. The van der Waals surface area contributed by atoms with Crippen LogP contribution in [0.25, 0.3) is 0 Å². The molecular formula is C17H17F3N2O2. The minimum atomic E-state index is -4.43. The molecule has 1 N–H and O–H groups in total. The Morgan fingerprint density at radius 2 is 2.04 bits per heavy atom. The van der Waals surface area contributed by atoms with Gasteiger partial charge < -0.3 is 9.73 Å². The predicted molar refractivity (Wildman–Crippen MR) is 82.2 cm³/mol. The highest BCUT2D eigenvalue weighted by Gasteiger charge is 2.32. The Kier molecular flexibility index (Phi) is 4.62. The van der Waals surface area contributed by atoms with Crippen molar-refractivity contribution in [2.75, 3.05) is 11.9 Å². The second-order valence-corrected chi connectivity index (χ2v) is 5.84. The summed E-state index contributed by atoms with van der Waals surface area (Å²) in [5, 5.41) is 2.54. The molecule has 0 saturated heterocycles. The summed E-state index contributed by atoms with van der Waals surface area (Å²) < 4.78 is 43.4. The Hall–Kier alpha value is -2.28. The molecule has 2 aromatic rings. The van der Waals surface area contributed by atoms with Crippen molar-refractivity contribution in [3.63, 3.8) is 0 Å². The van der Waals surface area contributed by atoms with Gasteiger partial charge in [-0.05, 0) is 43.2 Å². The fraction of sp³-hybridized carbons (Fsp3) is 0.353. The Morgan fingerprint density at radius 3 is 2.67 bits per heavy atom. The highest BCUT2D eigenvalue weighted by molar-refractivity contribution is 5.92. The Labute approximate surface area is 137 Å². The molecule has 1 amide bonds. The summed E-state index contributed by atoms with van der Waals surface area (Å²) >= 11 is 0. The van der Waals surface area contributed by atoms with E-state index < -0.39 is 11.7 Å². The zero-order valence-corrected chi connectivity index (χ0v) is 12.8. The number of furan rings is 1. The third-order valence-corrected chi connectivity index (χ3v) is 3.82. The number of amides is 1. The van der Waals surface area contributed by atoms with E-state index in [0.29, 0.717) is 12.6 Å². The molecule has 3 rings (SSSR count). The van der Waals surface area contributed by atoms with Crippen molar-refractivity contribution in [1.29, 1.82) is 0 Å². The van der Waals surface area contributed by atoms with Gasteiger partial charge in [0, 0.05) is 11.7 Å². The second kappa shape index (κ2) is 6.68. The van der Waals surface area contributed by atoms with E-state index in [4.69, 9.17) is 4.42 Å². The first kappa shape index (κ1) is 16.6. The number of alkyl halides is 3. The predicted octanol–water partition coefficient (Wildman–Crippen LogP) is 3.90. The van der Waals surface area contributed by atoms with Crippen LogP contribution in [0.4, 0.5) is 18.9 Å². The Bertz CT molecular complexity index is 694. The number of anilines is 1. The van der Waals surface area contributed by atoms with Crippen molar-refractivity contribution in [3.05, 3.63) is 54.0 Å². The minimum Gasteiger partial charge on any atom is -0.468 e. The van der Waals surface area contributed by atoms with Gasteiger partial charge in [0.2, 0.25) is 5.91 Å². The lowest BCUT2D eigenvalue weighted by Crippen LogP contribution is -2.34. The lowest BCUT2D eigenvalue weighted by molar-refractivity contribution is -0.137. The molecule has 0 aliphatic heterocycles. The average Bonchev–Trinajstić information content (AvgIpc) is 3.24. The van der Waals surface area contributed by atoms with E-state index >= 15 is 0 Å². The van der Waals surface area contributed by atoms with Gasteiger partial charge in [-0.1, -0.05) is 6.07 Å². The number of benzene rings is 1. The number of rotatable bonds is 6. The number of nitrogens with zero attached hydrogens (tertiary/aromatic N) is 1. The largest absolute Gasteiger partial charge is 0.468 e. The van der Waals surface area contributed by atoms with Crippen molar-refractivity contribution in [2.24, 2.45) is 0 Å². The van der Waals surface area contributed by atoms with Gasteiger partial charge >= 0.3 is 6.18 Å². The number of carbonyl (C=O) groups is 1. The van der Waals surface area contributed by atoms with Crippen LogP contribution in [0.5, 0.6) is 0 Å². The minimum absolute atomic E-state index is 0.113. The van der Waals surface area contributed by atoms with E-state index in [-0.39, 0.29) is 18.1 Å². The van der Waals surface area contributed by atoms with Gasteiger partial charge in [0.05, 0.1) is 24.9 Å². The zero-order chi connectivity index (χ0) is 17.2. The number of hydrogen-bond donors (Lipinski definition) is 1. The fourth-order valence-electron chi connectivity index (χ4n) is 2.51. The molecule has 7 heteroatoms. The molecule has 1 fully saturated rings. The molecule has 1 heterocycles. The van der Waals surface area contributed by atoms with Crippen molar-refractivity contribution in [3.8, 4) is 0 Å². The maximum Gasteiger partial charge on any atom is 0.416 e. The molecule has 0 radical (unpaired) electrons. The SMILES string of the molecule is O=C(CN(Cc1ccco1)C1CC1)Nc1cccc(C(F)(F)F)c1. The summed E-state index contributed by atoms with van der Waals surface area (Å²) in [5.74, 6) is 0.418.